The second-order valence-electron chi connectivity index (χ2n) is 14.3. The van der Waals surface area contributed by atoms with Gasteiger partial charge >= 0.3 is 0 Å². The Morgan fingerprint density at radius 2 is 0.692 bits per heavy atom. The molecular weight excluding hydrogens is 975 g/mol. The van der Waals surface area contributed by atoms with E-state index in [9.17, 15) is 0 Å². The SMILES string of the molecule is CC(C)(C)[Si](/C(C#CC#C/C(=C(\Cl)C=C(Br)Br)[Si](c1ccccc1)(c1ccccc1)C(C)(C)C)=C(/Cl)C=C(Br)Br)(c1ccccc1)c1ccccc1. The molecule has 0 aliphatic heterocycles. The standard InChI is InChI=1S/C44H40Br4Cl2Si2/c1-43(2,3)51(33-21-11-7-12-22-33,34-23-13-8-14-24-34)39(37(49)31-41(45)46)29-19-20-30-40(38(50)32-42(47)48)52(44(4,5)6,35-25-15-9-16-26-35)36-27-17-10-18-28-36/h7-18,21-28,31-32H,1-6H3/b39-37+,40-38+. The maximum absolute atomic E-state index is 7.36. The van der Waals surface area contributed by atoms with Crippen LogP contribution < -0.4 is 20.7 Å². The Morgan fingerprint density at radius 3 is 0.885 bits per heavy atom. The van der Waals surface area contributed by atoms with Gasteiger partial charge in [-0.05, 0) is 119 Å². The Morgan fingerprint density at radius 1 is 0.462 bits per heavy atom. The molecule has 0 fully saturated rings. The third-order valence-electron chi connectivity index (χ3n) is 9.21. The quantitative estimate of drug-likeness (QED) is 0.0937. The van der Waals surface area contributed by atoms with Crippen molar-refractivity contribution in [2.24, 2.45) is 0 Å². The fourth-order valence-electron chi connectivity index (χ4n) is 7.33. The predicted molar refractivity (Wildman–Crippen MR) is 248 cm³/mol. The molecule has 0 saturated heterocycles. The molecule has 0 radical (unpaired) electrons. The molecule has 52 heavy (non-hydrogen) atoms. The normalized spacial score (nSPS) is 12.9. The van der Waals surface area contributed by atoms with Crippen LogP contribution in [0.15, 0.2) is 161 Å². The first-order chi connectivity index (χ1) is 24.6. The Bertz CT molecular complexity index is 1860. The lowest BCUT2D eigenvalue weighted by atomic mass is 10.2. The van der Waals surface area contributed by atoms with Gasteiger partial charge in [-0.25, -0.2) is 0 Å². The van der Waals surface area contributed by atoms with E-state index in [-0.39, 0.29) is 10.1 Å². The fraction of sp³-hybridized carbons (Fsp3) is 0.182. The van der Waals surface area contributed by atoms with Gasteiger partial charge in [0.15, 0.2) is 16.1 Å². The summed E-state index contributed by atoms with van der Waals surface area (Å²) in [6, 6.07) is 42.7. The van der Waals surface area contributed by atoms with Crippen LogP contribution in [0.2, 0.25) is 10.1 Å². The molecule has 0 aliphatic rings. The zero-order valence-electron chi connectivity index (χ0n) is 30.0. The molecular formula is C44H40Br4Cl2Si2. The van der Waals surface area contributed by atoms with Gasteiger partial charge in [0, 0.05) is 10.4 Å². The number of benzene rings is 4. The van der Waals surface area contributed by atoms with E-state index >= 15 is 0 Å². The van der Waals surface area contributed by atoms with Gasteiger partial charge in [0.05, 0.1) is 16.8 Å². The second kappa shape index (κ2) is 18.5. The van der Waals surface area contributed by atoms with Crippen molar-refractivity contribution < 1.29 is 0 Å². The minimum atomic E-state index is -2.93. The first kappa shape index (κ1) is 42.6. The van der Waals surface area contributed by atoms with Gasteiger partial charge in [-0.2, -0.15) is 0 Å². The highest BCUT2D eigenvalue weighted by Crippen LogP contribution is 2.44. The number of rotatable bonds is 8. The van der Waals surface area contributed by atoms with Crippen LogP contribution in [0.5, 0.6) is 0 Å². The van der Waals surface area contributed by atoms with Gasteiger partial charge in [-0.15, -0.1) is 0 Å². The molecule has 0 spiro atoms. The summed E-state index contributed by atoms with van der Waals surface area (Å²) in [5, 5.41) is 7.23. The largest absolute Gasteiger partial charge is 0.165 e. The third kappa shape index (κ3) is 9.22. The van der Waals surface area contributed by atoms with E-state index in [1.807, 2.05) is 12.2 Å². The average Bonchev–Trinajstić information content (AvgIpc) is 3.09. The Labute approximate surface area is 356 Å². The van der Waals surface area contributed by atoms with Crippen LogP contribution >= 0.6 is 86.9 Å². The summed E-state index contributed by atoms with van der Waals surface area (Å²) in [7, 11) is -5.87. The summed E-state index contributed by atoms with van der Waals surface area (Å²) in [5.74, 6) is 13.8. The van der Waals surface area contributed by atoms with Crippen molar-refractivity contribution in [3.63, 3.8) is 0 Å². The highest BCUT2D eigenvalue weighted by Gasteiger charge is 2.52. The van der Waals surface area contributed by atoms with E-state index in [2.05, 4.69) is 250 Å². The minimum Gasteiger partial charge on any atom is -0.0837 e. The van der Waals surface area contributed by atoms with Crippen molar-refractivity contribution in [1.29, 1.82) is 0 Å². The lowest BCUT2D eigenvalue weighted by Crippen LogP contribution is -2.66. The zero-order valence-corrected chi connectivity index (χ0v) is 39.8. The van der Waals surface area contributed by atoms with E-state index in [0.717, 1.165) is 17.2 Å². The third-order valence-corrected chi connectivity index (χ3v) is 22.6. The monoisotopic (exact) mass is 1010 g/mol. The van der Waals surface area contributed by atoms with Crippen molar-refractivity contribution in [1.82, 2.24) is 0 Å². The molecule has 0 bridgehead atoms. The second-order valence-corrected chi connectivity index (χ2v) is 29.9. The van der Waals surface area contributed by atoms with Gasteiger partial charge < -0.3 is 0 Å². The molecule has 0 aliphatic carbocycles. The first-order valence-corrected chi connectivity index (χ1v) is 24.6. The van der Waals surface area contributed by atoms with E-state index in [1.54, 1.807) is 0 Å². The van der Waals surface area contributed by atoms with E-state index in [4.69, 9.17) is 23.2 Å². The lowest BCUT2D eigenvalue weighted by molar-refractivity contribution is 0.736. The van der Waals surface area contributed by atoms with E-state index < -0.39 is 16.1 Å². The highest BCUT2D eigenvalue weighted by molar-refractivity contribution is 9.28. The molecule has 0 aromatic heterocycles. The maximum Gasteiger partial charge on any atom is 0.165 e. The van der Waals surface area contributed by atoms with Gasteiger partial charge in [0.1, 0.15) is 0 Å². The number of allylic oxidation sites excluding steroid dienone is 6. The summed E-state index contributed by atoms with van der Waals surface area (Å²) >= 11 is 29.0. The lowest BCUT2D eigenvalue weighted by Gasteiger charge is -2.44. The topological polar surface area (TPSA) is 0 Å². The van der Waals surface area contributed by atoms with Crippen LogP contribution in [0.4, 0.5) is 0 Å². The molecule has 4 aromatic carbocycles. The predicted octanol–water partition coefficient (Wildman–Crippen LogP) is 12.4. The first-order valence-electron chi connectivity index (χ1n) is 16.7. The molecule has 4 rings (SSSR count). The van der Waals surface area contributed by atoms with Crippen molar-refractivity contribution in [2.75, 3.05) is 0 Å². The Kier molecular flexibility index (Phi) is 15.2. The van der Waals surface area contributed by atoms with Crippen LogP contribution in [-0.4, -0.2) is 16.1 Å². The van der Waals surface area contributed by atoms with Crippen molar-refractivity contribution in [3.05, 3.63) is 161 Å². The van der Waals surface area contributed by atoms with Crippen LogP contribution in [0.25, 0.3) is 0 Å². The smallest absolute Gasteiger partial charge is 0.0837 e. The zero-order chi connectivity index (χ0) is 38.2. The molecule has 4 aromatic rings. The van der Waals surface area contributed by atoms with Crippen molar-refractivity contribution in [2.45, 2.75) is 51.6 Å². The molecule has 8 heteroatoms. The van der Waals surface area contributed by atoms with Gasteiger partial charge in [-0.3, -0.25) is 0 Å². The van der Waals surface area contributed by atoms with E-state index in [1.165, 1.54) is 20.7 Å². The summed E-state index contributed by atoms with van der Waals surface area (Å²) in [6.45, 7) is 13.7. The summed E-state index contributed by atoms with van der Waals surface area (Å²) in [5.41, 5.74) is 0. The molecule has 0 nitrogen and oxygen atoms in total. The van der Waals surface area contributed by atoms with Crippen LogP contribution in [0.3, 0.4) is 0 Å². The molecule has 0 amide bonds. The summed E-state index contributed by atoms with van der Waals surface area (Å²) in [6.07, 6.45) is 3.75. The molecule has 0 unspecified atom stereocenters. The molecule has 0 heterocycles. The average molecular weight is 1020 g/mol. The van der Waals surface area contributed by atoms with Gasteiger partial charge in [0.2, 0.25) is 0 Å². The van der Waals surface area contributed by atoms with Crippen molar-refractivity contribution in [3.8, 4) is 23.7 Å². The fourth-order valence-corrected chi connectivity index (χ4v) is 20.9. The van der Waals surface area contributed by atoms with E-state index in [0.29, 0.717) is 10.1 Å². The molecule has 0 saturated carbocycles. The number of halogens is 6. The Hall–Kier alpha value is -2.11. The van der Waals surface area contributed by atoms with Crippen LogP contribution in [-0.2, 0) is 0 Å². The molecule has 266 valence electrons. The number of hydrogen-bond acceptors (Lipinski definition) is 0. The minimum absolute atomic E-state index is 0.240. The maximum atomic E-state index is 7.36. The van der Waals surface area contributed by atoms with Crippen molar-refractivity contribution >= 4 is 124 Å². The van der Waals surface area contributed by atoms with Crippen LogP contribution in [0, 0.1) is 23.7 Å². The Balaban J connectivity index is 2.16. The van der Waals surface area contributed by atoms with Gasteiger partial charge in [-0.1, -0.05) is 198 Å². The summed E-state index contributed by atoms with van der Waals surface area (Å²) in [4.78, 5) is 0. The highest BCUT2D eigenvalue weighted by atomic mass is 79.9. The summed E-state index contributed by atoms with van der Waals surface area (Å²) < 4.78 is 1.45. The van der Waals surface area contributed by atoms with Gasteiger partial charge in [0.25, 0.3) is 0 Å². The molecule has 0 N–H and O–H groups in total. The molecule has 0 atom stereocenters. The van der Waals surface area contributed by atoms with Crippen LogP contribution in [0.1, 0.15) is 41.5 Å². The number of hydrogen-bond donors (Lipinski definition) is 0.